The van der Waals surface area contributed by atoms with Crippen LogP contribution in [0.2, 0.25) is 0 Å². The van der Waals surface area contributed by atoms with Crippen LogP contribution in [-0.4, -0.2) is 9.97 Å². The number of pyridine rings is 2. The maximum atomic E-state index is 4.65. The molecule has 0 aliphatic carbocycles. The van der Waals surface area contributed by atoms with E-state index in [1.807, 2.05) is 85.0 Å². The average molecular weight is 697 g/mol. The van der Waals surface area contributed by atoms with Gasteiger partial charge in [0.25, 0.3) is 0 Å². The van der Waals surface area contributed by atoms with Gasteiger partial charge in [0.15, 0.2) is 0 Å². The van der Waals surface area contributed by atoms with E-state index in [-0.39, 0.29) is 20.1 Å². The van der Waals surface area contributed by atoms with Gasteiger partial charge in [0.1, 0.15) is 0 Å². The summed E-state index contributed by atoms with van der Waals surface area (Å²) in [5, 5.41) is 2.66. The number of rotatable bonds is 3. The van der Waals surface area contributed by atoms with Crippen molar-refractivity contribution in [1.82, 2.24) is 9.97 Å². The van der Waals surface area contributed by atoms with Gasteiger partial charge in [-0.05, 0) is 42.1 Å². The Bertz CT molecular complexity index is 1790. The van der Waals surface area contributed by atoms with E-state index in [1.165, 1.54) is 31.3 Å². The Labute approximate surface area is 246 Å². The van der Waals surface area contributed by atoms with Crippen LogP contribution < -0.4 is 0 Å². The third-order valence-corrected chi connectivity index (χ3v) is 7.55. The molecule has 0 saturated heterocycles. The molecule has 3 heterocycles. The summed E-state index contributed by atoms with van der Waals surface area (Å²) in [5.74, 6) is 0. The Balaban J connectivity index is 0.000000200. The van der Waals surface area contributed by atoms with Gasteiger partial charge in [-0.3, -0.25) is 0 Å². The summed E-state index contributed by atoms with van der Waals surface area (Å²) >= 11 is 1.86. The minimum atomic E-state index is 0. The van der Waals surface area contributed by atoms with Gasteiger partial charge in [0, 0.05) is 52.2 Å². The molecule has 0 bridgehead atoms. The molecule has 7 aromatic rings. The van der Waals surface area contributed by atoms with Gasteiger partial charge in [-0.25, -0.2) is 0 Å². The summed E-state index contributed by atoms with van der Waals surface area (Å²) < 4.78 is 2.67. The predicted molar refractivity (Wildman–Crippen MR) is 160 cm³/mol. The monoisotopic (exact) mass is 697 g/mol. The zero-order valence-corrected chi connectivity index (χ0v) is 24.5. The number of thiophene rings is 1. The number of nitrogens with zero attached hydrogens (tertiary/aromatic N) is 2. The molecule has 0 atom stereocenters. The largest absolute Gasteiger partial charge is 0.305 e. The van der Waals surface area contributed by atoms with Crippen molar-refractivity contribution < 1.29 is 20.1 Å². The smallest absolute Gasteiger partial charge is 0.0417 e. The second kappa shape index (κ2) is 12.3. The van der Waals surface area contributed by atoms with Gasteiger partial charge in [-0.15, -0.1) is 77.1 Å². The zero-order valence-electron chi connectivity index (χ0n) is 21.3. The molecule has 39 heavy (non-hydrogen) atoms. The van der Waals surface area contributed by atoms with Crippen molar-refractivity contribution in [2.24, 2.45) is 0 Å². The van der Waals surface area contributed by atoms with E-state index in [1.54, 1.807) is 6.20 Å². The van der Waals surface area contributed by atoms with E-state index in [9.17, 15) is 0 Å². The minimum absolute atomic E-state index is 0. The van der Waals surface area contributed by atoms with Gasteiger partial charge >= 0.3 is 0 Å². The maximum Gasteiger partial charge on any atom is 0.0417 e. The maximum absolute atomic E-state index is 4.65. The van der Waals surface area contributed by atoms with Crippen LogP contribution >= 0.6 is 11.3 Å². The average Bonchev–Trinajstić information content (AvgIpc) is 3.38. The standard InChI is InChI=1S/C24H16NS.C11H8N.Ir/c1-16-7-4-13-22(25-16)18-9-5-8-17(15-18)19-11-6-12-21-20-10-2-3-14-23(20)26-24(19)21;1-2-6-10(7-3-1)11-8-4-5-9-12-11;/h2-8,10-15H,1H3;1-6,8-9H;/q2*-1;. The van der Waals surface area contributed by atoms with Gasteiger partial charge in [-0.2, -0.15) is 0 Å². The fraction of sp³-hybridized carbons (Fsp3) is 0.0286. The van der Waals surface area contributed by atoms with Crippen LogP contribution in [0.3, 0.4) is 0 Å². The predicted octanol–water partition coefficient (Wildman–Crippen LogP) is 9.44. The van der Waals surface area contributed by atoms with Crippen molar-refractivity contribution >= 4 is 31.5 Å². The second-order valence-corrected chi connectivity index (χ2v) is 9.98. The van der Waals surface area contributed by atoms with E-state index in [4.69, 9.17) is 0 Å². The summed E-state index contributed by atoms with van der Waals surface area (Å²) in [7, 11) is 0. The first-order valence-corrected chi connectivity index (χ1v) is 13.3. The molecule has 191 valence electrons. The number of fused-ring (bicyclic) bond motifs is 3. The summed E-state index contributed by atoms with van der Waals surface area (Å²) in [6.07, 6.45) is 1.79. The fourth-order valence-electron chi connectivity index (χ4n) is 4.52. The fourth-order valence-corrected chi connectivity index (χ4v) is 5.76. The van der Waals surface area contributed by atoms with Gasteiger partial charge < -0.3 is 9.97 Å². The molecule has 0 unspecified atom stereocenters. The molecule has 3 aromatic heterocycles. The molecule has 0 aliphatic rings. The van der Waals surface area contributed by atoms with Crippen molar-refractivity contribution in [3.63, 3.8) is 0 Å². The number of aromatic nitrogens is 2. The van der Waals surface area contributed by atoms with E-state index in [2.05, 4.69) is 76.7 Å². The Morgan fingerprint density at radius 3 is 2.23 bits per heavy atom. The van der Waals surface area contributed by atoms with E-state index >= 15 is 0 Å². The molecular formula is C35H24IrN2S-2. The van der Waals surface area contributed by atoms with Crippen LogP contribution in [0.15, 0.2) is 128 Å². The molecule has 7 rings (SSSR count). The molecule has 4 heteroatoms. The first-order chi connectivity index (χ1) is 18.8. The van der Waals surface area contributed by atoms with Crippen molar-refractivity contribution in [2.75, 3.05) is 0 Å². The van der Waals surface area contributed by atoms with Gasteiger partial charge in [0.05, 0.1) is 0 Å². The molecular weight excluding hydrogens is 673 g/mol. The Hall–Kier alpha value is -3.95. The van der Waals surface area contributed by atoms with Crippen molar-refractivity contribution in [3.8, 4) is 33.6 Å². The molecule has 2 nitrogen and oxygen atoms in total. The molecule has 0 spiro atoms. The zero-order chi connectivity index (χ0) is 25.7. The van der Waals surface area contributed by atoms with Crippen molar-refractivity contribution in [3.05, 3.63) is 145 Å². The molecule has 0 amide bonds. The normalized spacial score (nSPS) is 10.5. The summed E-state index contributed by atoms with van der Waals surface area (Å²) in [6.45, 7) is 2.02. The quantitative estimate of drug-likeness (QED) is 0.172. The molecule has 0 N–H and O–H groups in total. The minimum Gasteiger partial charge on any atom is -0.305 e. The third kappa shape index (κ3) is 5.89. The molecule has 1 radical (unpaired) electrons. The van der Waals surface area contributed by atoms with Crippen LogP contribution in [0.5, 0.6) is 0 Å². The van der Waals surface area contributed by atoms with Crippen molar-refractivity contribution in [2.45, 2.75) is 6.92 Å². The molecule has 0 saturated carbocycles. The Morgan fingerprint density at radius 1 is 0.641 bits per heavy atom. The Morgan fingerprint density at radius 2 is 1.41 bits per heavy atom. The first-order valence-electron chi connectivity index (χ1n) is 12.5. The number of benzene rings is 4. The second-order valence-electron chi connectivity index (χ2n) is 8.93. The molecule has 0 aliphatic heterocycles. The first kappa shape index (κ1) is 26.6. The summed E-state index contributed by atoms with van der Waals surface area (Å²) in [6, 6.07) is 47.8. The number of aryl methyl sites for hydroxylation is 1. The Kier molecular flexibility index (Phi) is 8.39. The van der Waals surface area contributed by atoms with E-state index < -0.39 is 0 Å². The van der Waals surface area contributed by atoms with E-state index in [0.717, 1.165) is 28.2 Å². The molecule has 0 fully saturated rings. The topological polar surface area (TPSA) is 25.8 Å². The van der Waals surface area contributed by atoms with Crippen LogP contribution in [0.4, 0.5) is 0 Å². The number of hydrogen-bond donors (Lipinski definition) is 0. The summed E-state index contributed by atoms with van der Waals surface area (Å²) in [5.41, 5.74) is 7.51. The van der Waals surface area contributed by atoms with Crippen LogP contribution in [0, 0.1) is 19.1 Å². The van der Waals surface area contributed by atoms with Gasteiger partial charge in [-0.1, -0.05) is 66.2 Å². The van der Waals surface area contributed by atoms with Crippen LogP contribution in [-0.2, 0) is 20.1 Å². The van der Waals surface area contributed by atoms with Gasteiger partial charge in [0.2, 0.25) is 0 Å². The summed E-state index contributed by atoms with van der Waals surface area (Å²) in [4.78, 5) is 8.86. The molecule has 4 aromatic carbocycles. The SMILES string of the molecule is Cc1cccc(-c2[c-]ccc(-c3cccc4c3sc3ccccc34)c2)n1.[Ir].[c-]1ccccc1-c1ccccn1. The van der Waals surface area contributed by atoms with Crippen LogP contribution in [0.1, 0.15) is 5.69 Å². The third-order valence-electron chi connectivity index (χ3n) is 6.33. The van der Waals surface area contributed by atoms with E-state index in [0.29, 0.717) is 0 Å². The van der Waals surface area contributed by atoms with Crippen molar-refractivity contribution in [1.29, 1.82) is 0 Å². The number of hydrogen-bond acceptors (Lipinski definition) is 3. The van der Waals surface area contributed by atoms with Crippen LogP contribution in [0.25, 0.3) is 53.8 Å².